The third-order valence-corrected chi connectivity index (χ3v) is 5.15. The topological polar surface area (TPSA) is 102 Å². The summed E-state index contributed by atoms with van der Waals surface area (Å²) < 4.78 is 32.4. The van der Waals surface area contributed by atoms with Crippen LogP contribution in [0.4, 0.5) is 0 Å². The molecule has 1 aromatic carbocycles. The molecule has 7 nitrogen and oxygen atoms in total. The van der Waals surface area contributed by atoms with Crippen molar-refractivity contribution >= 4 is 21.9 Å². The van der Waals surface area contributed by atoms with E-state index in [0.29, 0.717) is 0 Å². The Bertz CT molecular complexity index is 763. The molecular formula is C17H24N2O5S. The second-order valence-corrected chi connectivity index (χ2v) is 8.90. The highest BCUT2D eigenvalue weighted by Gasteiger charge is 2.28. The van der Waals surface area contributed by atoms with Crippen molar-refractivity contribution in [2.45, 2.75) is 63.1 Å². The molecule has 1 aliphatic carbocycles. The van der Waals surface area contributed by atoms with Crippen molar-refractivity contribution in [3.05, 3.63) is 29.8 Å². The lowest BCUT2D eigenvalue weighted by Gasteiger charge is -2.20. The van der Waals surface area contributed by atoms with E-state index in [2.05, 4.69) is 10.0 Å². The first kappa shape index (κ1) is 19.4. The molecule has 1 aromatic rings. The minimum Gasteiger partial charge on any atom is -0.449 e. The third-order valence-electron chi connectivity index (χ3n) is 3.40. The lowest BCUT2D eigenvalue weighted by atomic mass is 10.1. The zero-order valence-electron chi connectivity index (χ0n) is 14.8. The zero-order valence-corrected chi connectivity index (χ0v) is 15.6. The van der Waals surface area contributed by atoms with Gasteiger partial charge in [0, 0.05) is 11.6 Å². The van der Waals surface area contributed by atoms with Gasteiger partial charge in [0.15, 0.2) is 6.10 Å². The number of hydrogen-bond acceptors (Lipinski definition) is 5. The minimum atomic E-state index is -3.76. The summed E-state index contributed by atoms with van der Waals surface area (Å²) >= 11 is 0. The van der Waals surface area contributed by atoms with E-state index >= 15 is 0 Å². The van der Waals surface area contributed by atoms with Gasteiger partial charge in [0.1, 0.15) is 0 Å². The molecule has 0 bridgehead atoms. The summed E-state index contributed by atoms with van der Waals surface area (Å²) in [4.78, 5) is 24.0. The maximum Gasteiger partial charge on any atom is 0.338 e. The van der Waals surface area contributed by atoms with E-state index < -0.39 is 27.6 Å². The molecule has 0 spiro atoms. The first-order chi connectivity index (χ1) is 11.5. The Labute approximate surface area is 148 Å². The standard InChI is InChI=1S/C17H24N2O5S/c1-11(15(20)18-13-8-9-13)24-16(21)12-6-5-7-14(10-12)25(22,23)19-17(2,3)4/h5-7,10-11,13,19H,8-9H2,1-4H3,(H,18,20)/t11-/m0/s1. The molecule has 0 saturated heterocycles. The third kappa shape index (κ3) is 5.82. The van der Waals surface area contributed by atoms with Gasteiger partial charge in [0.25, 0.3) is 5.91 Å². The molecule has 0 heterocycles. The van der Waals surface area contributed by atoms with E-state index in [-0.39, 0.29) is 22.4 Å². The van der Waals surface area contributed by atoms with Crippen LogP contribution in [0.3, 0.4) is 0 Å². The number of nitrogens with one attached hydrogen (secondary N) is 2. The smallest absolute Gasteiger partial charge is 0.338 e. The summed E-state index contributed by atoms with van der Waals surface area (Å²) in [6.07, 6.45) is 0.932. The second kappa shape index (κ2) is 7.13. The molecule has 8 heteroatoms. The Hall–Kier alpha value is -1.93. The molecule has 1 amide bonds. The Morgan fingerprint density at radius 1 is 1.24 bits per heavy atom. The Balaban J connectivity index is 2.09. The number of carbonyl (C=O) groups is 2. The quantitative estimate of drug-likeness (QED) is 0.743. The highest BCUT2D eigenvalue weighted by Crippen LogP contribution is 2.19. The average molecular weight is 368 g/mol. The first-order valence-corrected chi connectivity index (χ1v) is 9.62. The molecule has 0 aliphatic heterocycles. The van der Waals surface area contributed by atoms with E-state index in [1.54, 1.807) is 20.8 Å². The molecule has 25 heavy (non-hydrogen) atoms. The van der Waals surface area contributed by atoms with E-state index in [9.17, 15) is 18.0 Å². The van der Waals surface area contributed by atoms with Gasteiger partial charge >= 0.3 is 5.97 Å². The van der Waals surface area contributed by atoms with Crippen LogP contribution in [0.2, 0.25) is 0 Å². The largest absolute Gasteiger partial charge is 0.449 e. The fraction of sp³-hybridized carbons (Fsp3) is 0.529. The first-order valence-electron chi connectivity index (χ1n) is 8.13. The summed E-state index contributed by atoms with van der Waals surface area (Å²) in [5.74, 6) is -1.10. The summed E-state index contributed by atoms with van der Waals surface area (Å²) in [6.45, 7) is 6.66. The van der Waals surface area contributed by atoms with Gasteiger partial charge < -0.3 is 10.1 Å². The van der Waals surface area contributed by atoms with Gasteiger partial charge in [-0.2, -0.15) is 0 Å². The van der Waals surface area contributed by atoms with Crippen LogP contribution in [0.25, 0.3) is 0 Å². The second-order valence-electron chi connectivity index (χ2n) is 7.21. The maximum atomic E-state index is 12.4. The number of esters is 1. The van der Waals surface area contributed by atoms with Gasteiger partial charge in [-0.25, -0.2) is 17.9 Å². The summed E-state index contributed by atoms with van der Waals surface area (Å²) in [6, 6.07) is 5.72. The molecule has 1 saturated carbocycles. The Morgan fingerprint density at radius 3 is 2.44 bits per heavy atom. The molecule has 138 valence electrons. The predicted octanol–water partition coefficient (Wildman–Crippen LogP) is 1.59. The minimum absolute atomic E-state index is 0.0352. The highest BCUT2D eigenvalue weighted by molar-refractivity contribution is 7.89. The summed E-state index contributed by atoms with van der Waals surface area (Å²) in [5, 5.41) is 2.75. The SMILES string of the molecule is C[C@H](OC(=O)c1cccc(S(=O)(=O)NC(C)(C)C)c1)C(=O)NC1CC1. The van der Waals surface area contributed by atoms with Gasteiger partial charge in [-0.1, -0.05) is 6.07 Å². The van der Waals surface area contributed by atoms with Crippen molar-refractivity contribution in [2.75, 3.05) is 0 Å². The fourth-order valence-corrected chi connectivity index (χ4v) is 3.54. The van der Waals surface area contributed by atoms with Gasteiger partial charge in [0.05, 0.1) is 10.5 Å². The zero-order chi connectivity index (χ0) is 18.8. The highest BCUT2D eigenvalue weighted by atomic mass is 32.2. The predicted molar refractivity (Wildman–Crippen MR) is 92.6 cm³/mol. The van der Waals surface area contributed by atoms with Crippen LogP contribution < -0.4 is 10.0 Å². The van der Waals surface area contributed by atoms with Crippen molar-refractivity contribution in [3.8, 4) is 0 Å². The maximum absolute atomic E-state index is 12.4. The molecule has 0 unspecified atom stereocenters. The van der Waals surface area contributed by atoms with Crippen LogP contribution in [-0.4, -0.2) is 38.0 Å². The number of carbonyl (C=O) groups excluding carboxylic acids is 2. The van der Waals surface area contributed by atoms with E-state index in [1.807, 2.05) is 0 Å². The molecule has 0 aromatic heterocycles. The summed E-state index contributed by atoms with van der Waals surface area (Å²) in [7, 11) is -3.76. The number of amides is 1. The number of ether oxygens (including phenoxy) is 1. The normalized spacial score (nSPS) is 16.2. The van der Waals surface area contributed by atoms with Gasteiger partial charge in [0.2, 0.25) is 10.0 Å². The van der Waals surface area contributed by atoms with Gasteiger partial charge in [-0.15, -0.1) is 0 Å². The molecular weight excluding hydrogens is 344 g/mol. The van der Waals surface area contributed by atoms with Crippen LogP contribution in [0.15, 0.2) is 29.2 Å². The van der Waals surface area contributed by atoms with E-state index in [4.69, 9.17) is 4.74 Å². The number of hydrogen-bond donors (Lipinski definition) is 2. The Morgan fingerprint density at radius 2 is 1.88 bits per heavy atom. The molecule has 2 rings (SSSR count). The van der Waals surface area contributed by atoms with Gasteiger partial charge in [-0.3, -0.25) is 4.79 Å². The van der Waals surface area contributed by atoms with Crippen molar-refractivity contribution < 1.29 is 22.7 Å². The number of sulfonamides is 1. The number of benzene rings is 1. The molecule has 2 N–H and O–H groups in total. The van der Waals surface area contributed by atoms with Crippen molar-refractivity contribution in [1.29, 1.82) is 0 Å². The average Bonchev–Trinajstić information content (AvgIpc) is 3.28. The van der Waals surface area contributed by atoms with Crippen LogP contribution >= 0.6 is 0 Å². The van der Waals surface area contributed by atoms with Crippen LogP contribution in [0.5, 0.6) is 0 Å². The van der Waals surface area contributed by atoms with Crippen LogP contribution in [0, 0.1) is 0 Å². The van der Waals surface area contributed by atoms with Crippen molar-refractivity contribution in [3.63, 3.8) is 0 Å². The molecule has 1 aliphatic rings. The van der Waals surface area contributed by atoms with E-state index in [0.717, 1.165) is 12.8 Å². The summed E-state index contributed by atoms with van der Waals surface area (Å²) in [5.41, 5.74) is -0.576. The van der Waals surface area contributed by atoms with Crippen molar-refractivity contribution in [1.82, 2.24) is 10.0 Å². The lowest BCUT2D eigenvalue weighted by Crippen LogP contribution is -2.40. The van der Waals surface area contributed by atoms with Crippen LogP contribution in [0.1, 0.15) is 50.9 Å². The van der Waals surface area contributed by atoms with Gasteiger partial charge in [-0.05, 0) is 58.7 Å². The number of rotatable bonds is 6. The fourth-order valence-electron chi connectivity index (χ4n) is 2.08. The molecule has 1 atom stereocenters. The molecule has 0 radical (unpaired) electrons. The Kier molecular flexibility index (Phi) is 5.53. The monoisotopic (exact) mass is 368 g/mol. The van der Waals surface area contributed by atoms with Crippen molar-refractivity contribution in [2.24, 2.45) is 0 Å². The lowest BCUT2D eigenvalue weighted by molar-refractivity contribution is -0.129. The molecule has 1 fully saturated rings. The van der Waals surface area contributed by atoms with E-state index in [1.165, 1.54) is 31.2 Å². The van der Waals surface area contributed by atoms with Crippen LogP contribution in [-0.2, 0) is 19.6 Å².